The van der Waals surface area contributed by atoms with Gasteiger partial charge in [-0.3, -0.25) is 0 Å². The van der Waals surface area contributed by atoms with Gasteiger partial charge in [0.05, 0.1) is 0 Å². The molecule has 3 aromatic carbocycles. The SMILES string of the molecule is CCC1=Cc2c(cccc2Pc2ccccc2)Cc2ccccc21. The van der Waals surface area contributed by atoms with Crippen LogP contribution in [-0.4, -0.2) is 0 Å². The van der Waals surface area contributed by atoms with Gasteiger partial charge < -0.3 is 0 Å². The zero-order chi connectivity index (χ0) is 16.4. The molecular formula is C23H21P. The highest BCUT2D eigenvalue weighted by molar-refractivity contribution is 7.55. The van der Waals surface area contributed by atoms with Gasteiger partial charge in [-0.15, -0.1) is 0 Å². The minimum Gasteiger partial charge on any atom is -0.0622 e. The lowest BCUT2D eigenvalue weighted by Gasteiger charge is -2.11. The first-order valence-corrected chi connectivity index (χ1v) is 9.58. The van der Waals surface area contributed by atoms with Gasteiger partial charge in [0, 0.05) is 0 Å². The van der Waals surface area contributed by atoms with Crippen molar-refractivity contribution in [3.8, 4) is 0 Å². The van der Waals surface area contributed by atoms with Crippen molar-refractivity contribution in [2.24, 2.45) is 0 Å². The van der Waals surface area contributed by atoms with Gasteiger partial charge >= 0.3 is 0 Å². The Hall–Kier alpha value is -2.17. The minimum absolute atomic E-state index is 0.706. The van der Waals surface area contributed by atoms with E-state index in [4.69, 9.17) is 0 Å². The molecule has 118 valence electrons. The van der Waals surface area contributed by atoms with E-state index in [1.165, 1.54) is 38.4 Å². The molecule has 0 spiro atoms. The molecule has 1 unspecified atom stereocenters. The average Bonchev–Trinajstić information content (AvgIpc) is 2.79. The maximum atomic E-state index is 2.44. The third kappa shape index (κ3) is 2.95. The van der Waals surface area contributed by atoms with Crippen LogP contribution in [0.5, 0.6) is 0 Å². The molecular weight excluding hydrogens is 307 g/mol. The molecule has 0 saturated carbocycles. The topological polar surface area (TPSA) is 0 Å². The first-order valence-electron chi connectivity index (χ1n) is 8.58. The number of hydrogen-bond acceptors (Lipinski definition) is 0. The molecule has 0 aliphatic heterocycles. The maximum absolute atomic E-state index is 2.44. The first kappa shape index (κ1) is 15.4. The van der Waals surface area contributed by atoms with Crippen LogP contribution in [0.15, 0.2) is 72.8 Å². The van der Waals surface area contributed by atoms with Crippen LogP contribution in [-0.2, 0) is 6.42 Å². The predicted molar refractivity (Wildman–Crippen MR) is 108 cm³/mol. The van der Waals surface area contributed by atoms with Crippen molar-refractivity contribution >= 4 is 30.8 Å². The van der Waals surface area contributed by atoms with Crippen LogP contribution >= 0.6 is 8.58 Å². The van der Waals surface area contributed by atoms with Crippen molar-refractivity contribution in [1.29, 1.82) is 0 Å². The van der Waals surface area contributed by atoms with Crippen molar-refractivity contribution in [3.05, 3.63) is 95.1 Å². The largest absolute Gasteiger partial charge is 0.0622 e. The zero-order valence-corrected chi connectivity index (χ0v) is 14.9. The van der Waals surface area contributed by atoms with Crippen LogP contribution in [0, 0.1) is 0 Å². The van der Waals surface area contributed by atoms with Crippen molar-refractivity contribution in [3.63, 3.8) is 0 Å². The van der Waals surface area contributed by atoms with Crippen molar-refractivity contribution in [2.75, 3.05) is 0 Å². The standard InChI is InChI=1S/C23H21P/c1-2-17-16-22-19(15-18-9-6-7-13-21(17)18)10-8-14-23(22)24-20-11-4-3-5-12-20/h3-14,16,24H,2,15H2,1H3. The Morgan fingerprint density at radius 2 is 1.54 bits per heavy atom. The predicted octanol–water partition coefficient (Wildman–Crippen LogP) is 5.17. The van der Waals surface area contributed by atoms with E-state index in [0.29, 0.717) is 8.58 Å². The van der Waals surface area contributed by atoms with Gasteiger partial charge in [0.15, 0.2) is 0 Å². The van der Waals surface area contributed by atoms with E-state index in [2.05, 4.69) is 85.8 Å². The summed E-state index contributed by atoms with van der Waals surface area (Å²) in [5.74, 6) is 0. The number of benzene rings is 3. The highest BCUT2D eigenvalue weighted by atomic mass is 31.1. The Labute approximate surface area is 146 Å². The Balaban J connectivity index is 1.83. The van der Waals surface area contributed by atoms with Crippen LogP contribution in [0.3, 0.4) is 0 Å². The monoisotopic (exact) mass is 328 g/mol. The van der Waals surface area contributed by atoms with E-state index >= 15 is 0 Å². The van der Waals surface area contributed by atoms with Crippen molar-refractivity contribution in [1.82, 2.24) is 0 Å². The van der Waals surface area contributed by atoms with Crippen LogP contribution in [0.2, 0.25) is 0 Å². The molecule has 0 amide bonds. The van der Waals surface area contributed by atoms with E-state index in [1.807, 2.05) is 0 Å². The zero-order valence-electron chi connectivity index (χ0n) is 13.9. The molecule has 3 aromatic rings. The van der Waals surface area contributed by atoms with E-state index in [9.17, 15) is 0 Å². The van der Waals surface area contributed by atoms with Gasteiger partial charge in [-0.05, 0) is 51.3 Å². The minimum atomic E-state index is 0.706. The summed E-state index contributed by atoms with van der Waals surface area (Å²) in [6, 6.07) is 26.5. The summed E-state index contributed by atoms with van der Waals surface area (Å²) in [5.41, 5.74) is 7.21. The molecule has 0 nitrogen and oxygen atoms in total. The molecule has 0 bridgehead atoms. The molecule has 1 heteroatoms. The third-order valence-electron chi connectivity index (χ3n) is 4.69. The fourth-order valence-electron chi connectivity index (χ4n) is 3.46. The number of fused-ring (bicyclic) bond motifs is 2. The molecule has 24 heavy (non-hydrogen) atoms. The molecule has 0 radical (unpaired) electrons. The lowest BCUT2D eigenvalue weighted by atomic mass is 9.97. The van der Waals surface area contributed by atoms with Crippen LogP contribution in [0.4, 0.5) is 0 Å². The molecule has 0 heterocycles. The van der Waals surface area contributed by atoms with Gasteiger partial charge in [-0.2, -0.15) is 0 Å². The highest BCUT2D eigenvalue weighted by Crippen LogP contribution is 2.32. The molecule has 1 aliphatic rings. The quantitative estimate of drug-likeness (QED) is 0.582. The van der Waals surface area contributed by atoms with Crippen LogP contribution < -0.4 is 10.6 Å². The average molecular weight is 328 g/mol. The van der Waals surface area contributed by atoms with Gasteiger partial charge in [0.25, 0.3) is 0 Å². The summed E-state index contributed by atoms with van der Waals surface area (Å²) >= 11 is 0. The van der Waals surface area contributed by atoms with Crippen molar-refractivity contribution in [2.45, 2.75) is 19.8 Å². The summed E-state index contributed by atoms with van der Waals surface area (Å²) in [6.07, 6.45) is 4.53. The van der Waals surface area contributed by atoms with Crippen LogP contribution in [0.25, 0.3) is 11.6 Å². The lowest BCUT2D eigenvalue weighted by Crippen LogP contribution is -2.09. The van der Waals surface area contributed by atoms with E-state index < -0.39 is 0 Å². The Kier molecular flexibility index (Phi) is 4.32. The molecule has 0 aromatic heterocycles. The molecule has 4 rings (SSSR count). The fourth-order valence-corrected chi connectivity index (χ4v) is 4.68. The number of rotatable bonds is 3. The maximum Gasteiger partial charge on any atom is -0.00136 e. The van der Waals surface area contributed by atoms with Gasteiger partial charge in [-0.25, -0.2) is 0 Å². The van der Waals surface area contributed by atoms with E-state index in [0.717, 1.165) is 12.8 Å². The summed E-state index contributed by atoms with van der Waals surface area (Å²) in [6.45, 7) is 2.26. The smallest absolute Gasteiger partial charge is 0.00136 e. The molecule has 1 atom stereocenters. The van der Waals surface area contributed by atoms with Gasteiger partial charge in [0.2, 0.25) is 0 Å². The number of allylic oxidation sites excluding steroid dienone is 1. The molecule has 0 saturated heterocycles. The second-order valence-electron chi connectivity index (χ2n) is 6.23. The molecule has 0 fully saturated rings. The van der Waals surface area contributed by atoms with Crippen molar-refractivity contribution < 1.29 is 0 Å². The van der Waals surface area contributed by atoms with Gasteiger partial charge in [0.1, 0.15) is 0 Å². The normalized spacial score (nSPS) is 13.3. The molecule has 1 aliphatic carbocycles. The van der Waals surface area contributed by atoms with Crippen LogP contribution in [0.1, 0.15) is 35.6 Å². The summed E-state index contributed by atoms with van der Waals surface area (Å²) < 4.78 is 0. The summed E-state index contributed by atoms with van der Waals surface area (Å²) in [4.78, 5) is 0. The van der Waals surface area contributed by atoms with E-state index in [1.54, 1.807) is 0 Å². The summed E-state index contributed by atoms with van der Waals surface area (Å²) in [7, 11) is 0.706. The Bertz CT molecular complexity index is 891. The molecule has 0 N–H and O–H groups in total. The number of hydrogen-bond donors (Lipinski definition) is 0. The van der Waals surface area contributed by atoms with Gasteiger partial charge in [-0.1, -0.05) is 94.4 Å². The van der Waals surface area contributed by atoms with E-state index in [-0.39, 0.29) is 0 Å². The highest BCUT2D eigenvalue weighted by Gasteiger charge is 2.16. The Morgan fingerprint density at radius 1 is 0.792 bits per heavy atom. The summed E-state index contributed by atoms with van der Waals surface area (Å²) in [5, 5.41) is 2.86. The fraction of sp³-hybridized carbons (Fsp3) is 0.130. The second-order valence-corrected chi connectivity index (χ2v) is 7.59. The lowest BCUT2D eigenvalue weighted by molar-refractivity contribution is 1.17. The Morgan fingerprint density at radius 3 is 2.38 bits per heavy atom. The third-order valence-corrected chi connectivity index (χ3v) is 6.02. The first-order chi connectivity index (χ1) is 11.8. The second kappa shape index (κ2) is 6.75.